The molecule has 174 valence electrons. The standard InChI is InChI=1S/C29H33F2NO/c1-4-27(23-13-9-7-10-14-23)28(29(27,30)31,24-15-11-8-12-16-24)25-17-19-26(20-18-25)33-22-21-32(5-2)6-3/h7-20H,4-6,21-22H2,1-3H3. The highest BCUT2D eigenvalue weighted by Gasteiger charge is 2.91. The zero-order chi connectivity index (χ0) is 23.5. The van der Waals surface area contributed by atoms with Crippen LogP contribution < -0.4 is 4.74 Å². The number of hydrogen-bond acceptors (Lipinski definition) is 2. The van der Waals surface area contributed by atoms with Gasteiger partial charge in [0, 0.05) is 6.54 Å². The maximum atomic E-state index is 16.3. The van der Waals surface area contributed by atoms with Crippen LogP contribution in [0, 0.1) is 0 Å². The Morgan fingerprint density at radius 3 is 1.73 bits per heavy atom. The molecule has 0 heterocycles. The van der Waals surface area contributed by atoms with Gasteiger partial charge in [-0.05, 0) is 48.3 Å². The van der Waals surface area contributed by atoms with Crippen LogP contribution in [0.25, 0.3) is 0 Å². The lowest BCUT2D eigenvalue weighted by atomic mass is 9.76. The van der Waals surface area contributed by atoms with Crippen LogP contribution in [0.4, 0.5) is 8.78 Å². The number of rotatable bonds is 10. The second kappa shape index (κ2) is 9.26. The Morgan fingerprint density at radius 1 is 0.697 bits per heavy atom. The van der Waals surface area contributed by atoms with E-state index < -0.39 is 16.8 Å². The summed E-state index contributed by atoms with van der Waals surface area (Å²) in [5, 5.41) is 0. The number of hydrogen-bond donors (Lipinski definition) is 0. The predicted molar refractivity (Wildman–Crippen MR) is 130 cm³/mol. The Hall–Kier alpha value is -2.72. The molecule has 4 heteroatoms. The summed E-state index contributed by atoms with van der Waals surface area (Å²) in [5.41, 5.74) is -0.762. The molecule has 33 heavy (non-hydrogen) atoms. The number of alkyl halides is 2. The molecule has 2 atom stereocenters. The highest BCUT2D eigenvalue weighted by atomic mass is 19.3. The summed E-state index contributed by atoms with van der Waals surface area (Å²) in [4.78, 5) is 2.29. The maximum absolute atomic E-state index is 16.3. The summed E-state index contributed by atoms with van der Waals surface area (Å²) in [7, 11) is 0. The van der Waals surface area contributed by atoms with Gasteiger partial charge in [-0.2, -0.15) is 0 Å². The van der Waals surface area contributed by atoms with E-state index in [4.69, 9.17) is 4.74 Å². The summed E-state index contributed by atoms with van der Waals surface area (Å²) in [6, 6.07) is 25.8. The zero-order valence-corrected chi connectivity index (χ0v) is 19.7. The van der Waals surface area contributed by atoms with E-state index in [2.05, 4.69) is 18.7 Å². The number of nitrogens with zero attached hydrogens (tertiary/aromatic N) is 1. The minimum atomic E-state index is -2.93. The fraction of sp³-hybridized carbons (Fsp3) is 0.379. The SMILES string of the molecule is CCN(CC)CCOc1ccc(C2(c3ccccc3)C(F)(F)C2(CC)c2ccccc2)cc1. The molecule has 0 bridgehead atoms. The molecule has 0 radical (unpaired) electrons. The fourth-order valence-corrected chi connectivity index (χ4v) is 5.70. The molecular weight excluding hydrogens is 416 g/mol. The average Bonchev–Trinajstić information content (AvgIpc) is 3.34. The molecule has 0 aromatic heterocycles. The lowest BCUT2D eigenvalue weighted by Gasteiger charge is -2.24. The number of benzene rings is 3. The third kappa shape index (κ3) is 3.47. The van der Waals surface area contributed by atoms with E-state index in [1.54, 1.807) is 0 Å². The highest BCUT2D eigenvalue weighted by Crippen LogP contribution is 2.79. The molecule has 1 aliphatic carbocycles. The molecule has 4 rings (SSSR count). The van der Waals surface area contributed by atoms with E-state index in [1.165, 1.54) is 0 Å². The van der Waals surface area contributed by atoms with Crippen molar-refractivity contribution in [3.8, 4) is 5.75 Å². The summed E-state index contributed by atoms with van der Waals surface area (Å²) >= 11 is 0. The largest absolute Gasteiger partial charge is 0.492 e. The van der Waals surface area contributed by atoms with Gasteiger partial charge in [0.1, 0.15) is 17.8 Å². The predicted octanol–water partition coefficient (Wildman–Crippen LogP) is 6.69. The van der Waals surface area contributed by atoms with E-state index >= 15 is 8.78 Å². The molecule has 0 N–H and O–H groups in total. The lowest BCUT2D eigenvalue weighted by molar-refractivity contribution is 0.0734. The summed E-state index contributed by atoms with van der Waals surface area (Å²) in [6.07, 6.45) is 0.334. The van der Waals surface area contributed by atoms with Crippen molar-refractivity contribution in [3.05, 3.63) is 102 Å². The molecule has 2 nitrogen and oxygen atoms in total. The van der Waals surface area contributed by atoms with Gasteiger partial charge in [0.25, 0.3) is 5.92 Å². The van der Waals surface area contributed by atoms with Crippen molar-refractivity contribution < 1.29 is 13.5 Å². The van der Waals surface area contributed by atoms with Gasteiger partial charge in [-0.15, -0.1) is 0 Å². The van der Waals surface area contributed by atoms with E-state index in [9.17, 15) is 0 Å². The van der Waals surface area contributed by atoms with Crippen LogP contribution in [-0.4, -0.2) is 37.1 Å². The first kappa shape index (κ1) is 23.4. The minimum absolute atomic E-state index is 0.334. The van der Waals surface area contributed by atoms with Crippen molar-refractivity contribution in [1.29, 1.82) is 0 Å². The Balaban J connectivity index is 1.73. The van der Waals surface area contributed by atoms with Crippen molar-refractivity contribution >= 4 is 0 Å². The van der Waals surface area contributed by atoms with E-state index in [-0.39, 0.29) is 0 Å². The Kier molecular flexibility index (Phi) is 6.58. The molecule has 0 aliphatic heterocycles. The number of ether oxygens (including phenoxy) is 1. The highest BCUT2D eigenvalue weighted by molar-refractivity contribution is 5.65. The Morgan fingerprint density at radius 2 is 1.21 bits per heavy atom. The van der Waals surface area contributed by atoms with Crippen LogP contribution in [0.3, 0.4) is 0 Å². The lowest BCUT2D eigenvalue weighted by Crippen LogP contribution is -2.28. The smallest absolute Gasteiger partial charge is 0.273 e. The minimum Gasteiger partial charge on any atom is -0.492 e. The van der Waals surface area contributed by atoms with Gasteiger partial charge in [-0.25, -0.2) is 8.78 Å². The number of likely N-dealkylation sites (N-methyl/N-ethyl adjacent to an activating group) is 1. The van der Waals surface area contributed by atoms with Gasteiger partial charge >= 0.3 is 0 Å². The summed E-state index contributed by atoms with van der Waals surface area (Å²) < 4.78 is 38.4. The van der Waals surface area contributed by atoms with Gasteiger partial charge in [-0.3, -0.25) is 0 Å². The van der Waals surface area contributed by atoms with Crippen LogP contribution >= 0.6 is 0 Å². The molecule has 0 saturated heterocycles. The first-order valence-electron chi connectivity index (χ1n) is 11.9. The van der Waals surface area contributed by atoms with Crippen LogP contribution in [0.5, 0.6) is 5.75 Å². The van der Waals surface area contributed by atoms with Gasteiger partial charge in [0.15, 0.2) is 0 Å². The van der Waals surface area contributed by atoms with Gasteiger partial charge in [-0.1, -0.05) is 93.6 Å². The van der Waals surface area contributed by atoms with Crippen molar-refractivity contribution in [2.75, 3.05) is 26.2 Å². The number of halogens is 2. The molecule has 3 aromatic carbocycles. The molecule has 1 aliphatic rings. The monoisotopic (exact) mass is 449 g/mol. The molecule has 0 spiro atoms. The van der Waals surface area contributed by atoms with Crippen LogP contribution in [-0.2, 0) is 10.8 Å². The third-order valence-corrected chi connectivity index (χ3v) is 7.45. The van der Waals surface area contributed by atoms with Crippen LogP contribution in [0.2, 0.25) is 0 Å². The second-order valence-corrected chi connectivity index (χ2v) is 8.72. The molecule has 1 saturated carbocycles. The Bertz CT molecular complexity index is 1030. The van der Waals surface area contributed by atoms with Crippen molar-refractivity contribution in [2.24, 2.45) is 0 Å². The normalized spacial score (nSPS) is 23.5. The van der Waals surface area contributed by atoms with Crippen LogP contribution in [0.15, 0.2) is 84.9 Å². The first-order valence-corrected chi connectivity index (χ1v) is 11.9. The maximum Gasteiger partial charge on any atom is 0.273 e. The van der Waals surface area contributed by atoms with Crippen LogP contribution in [0.1, 0.15) is 43.9 Å². The van der Waals surface area contributed by atoms with Gasteiger partial charge in [0.05, 0.1) is 5.41 Å². The molecular formula is C29H33F2NO. The first-order chi connectivity index (χ1) is 16.0. The van der Waals surface area contributed by atoms with Crippen molar-refractivity contribution in [1.82, 2.24) is 4.90 Å². The van der Waals surface area contributed by atoms with E-state index in [0.717, 1.165) is 19.6 Å². The van der Waals surface area contributed by atoms with E-state index in [1.807, 2.05) is 91.9 Å². The quantitative estimate of drug-likeness (QED) is 0.342. The van der Waals surface area contributed by atoms with Gasteiger partial charge < -0.3 is 9.64 Å². The van der Waals surface area contributed by atoms with Crippen molar-refractivity contribution in [3.63, 3.8) is 0 Å². The second-order valence-electron chi connectivity index (χ2n) is 8.72. The molecule has 1 fully saturated rings. The third-order valence-electron chi connectivity index (χ3n) is 7.45. The summed E-state index contributed by atoms with van der Waals surface area (Å²) in [5.74, 6) is -2.22. The molecule has 3 aromatic rings. The van der Waals surface area contributed by atoms with E-state index in [0.29, 0.717) is 35.5 Å². The summed E-state index contributed by atoms with van der Waals surface area (Å²) in [6.45, 7) is 9.50. The molecule has 2 unspecified atom stereocenters. The average molecular weight is 450 g/mol. The topological polar surface area (TPSA) is 12.5 Å². The van der Waals surface area contributed by atoms with Crippen molar-refractivity contribution in [2.45, 2.75) is 43.9 Å². The molecule has 0 amide bonds. The zero-order valence-electron chi connectivity index (χ0n) is 19.7. The fourth-order valence-electron chi connectivity index (χ4n) is 5.70. The Labute approximate surface area is 196 Å². The van der Waals surface area contributed by atoms with Gasteiger partial charge in [0.2, 0.25) is 0 Å².